The fourth-order valence-corrected chi connectivity index (χ4v) is 4.87. The van der Waals surface area contributed by atoms with Gasteiger partial charge < -0.3 is 4.90 Å². The molecule has 0 aliphatic carbocycles. The lowest BCUT2D eigenvalue weighted by Gasteiger charge is -2.52. The molecular weight excluding hydrogens is 282 g/mol. The molecule has 0 radical (unpaired) electrons. The molecule has 0 aromatic carbocycles. The molecule has 0 unspecified atom stereocenters. The van der Waals surface area contributed by atoms with Crippen molar-refractivity contribution in [2.45, 2.75) is 64.1 Å². The molecule has 1 aromatic rings. The van der Waals surface area contributed by atoms with Crippen LogP contribution < -0.4 is 0 Å². The van der Waals surface area contributed by atoms with Crippen LogP contribution in [0.3, 0.4) is 0 Å². The van der Waals surface area contributed by atoms with E-state index in [1.807, 2.05) is 6.20 Å². The number of hydrogen-bond acceptors (Lipinski definition) is 4. The smallest absolute Gasteiger partial charge is 0.223 e. The summed E-state index contributed by atoms with van der Waals surface area (Å²) in [5.41, 5.74) is -0.00214. The fraction of sp³-hybridized carbons (Fsp3) is 0.750. The summed E-state index contributed by atoms with van der Waals surface area (Å²) < 4.78 is 0. The van der Waals surface area contributed by atoms with Crippen molar-refractivity contribution in [3.8, 4) is 0 Å². The molecule has 0 bridgehead atoms. The number of aromatic nitrogens is 1. The van der Waals surface area contributed by atoms with Gasteiger partial charge in [0, 0.05) is 30.6 Å². The van der Waals surface area contributed by atoms with Crippen LogP contribution in [-0.2, 0) is 11.3 Å². The molecule has 2 fully saturated rings. The molecule has 2 aliphatic heterocycles. The third kappa shape index (κ3) is 2.73. The highest BCUT2D eigenvalue weighted by Crippen LogP contribution is 2.39. The van der Waals surface area contributed by atoms with Gasteiger partial charge in [-0.25, -0.2) is 4.98 Å². The topological polar surface area (TPSA) is 36.4 Å². The second-order valence-electron chi connectivity index (χ2n) is 6.40. The predicted molar refractivity (Wildman–Crippen MR) is 85.2 cm³/mol. The molecule has 21 heavy (non-hydrogen) atoms. The van der Waals surface area contributed by atoms with Crippen LogP contribution in [0.4, 0.5) is 0 Å². The zero-order valence-electron chi connectivity index (χ0n) is 13.0. The monoisotopic (exact) mass is 307 g/mol. The summed E-state index contributed by atoms with van der Waals surface area (Å²) in [6, 6.07) is 0.474. The van der Waals surface area contributed by atoms with E-state index >= 15 is 0 Å². The third-order valence-electron chi connectivity index (χ3n) is 5.22. The molecule has 1 amide bonds. The molecular formula is C16H25N3OS. The maximum Gasteiger partial charge on any atom is 0.223 e. The van der Waals surface area contributed by atoms with Gasteiger partial charge in [0.1, 0.15) is 5.01 Å². The van der Waals surface area contributed by atoms with E-state index < -0.39 is 0 Å². The van der Waals surface area contributed by atoms with Gasteiger partial charge in [0.15, 0.2) is 0 Å². The van der Waals surface area contributed by atoms with Crippen LogP contribution in [0.5, 0.6) is 0 Å². The summed E-state index contributed by atoms with van der Waals surface area (Å²) >= 11 is 1.74. The summed E-state index contributed by atoms with van der Waals surface area (Å²) in [6.07, 6.45) is 7.15. The zero-order valence-corrected chi connectivity index (χ0v) is 13.9. The SMILES string of the molecule is CCN1C(=O)CC[C@@H]2N(Cc3nccs3)CCCC[C@@]21C. The van der Waals surface area contributed by atoms with E-state index in [0.717, 1.165) is 32.5 Å². The Morgan fingerprint density at radius 1 is 1.48 bits per heavy atom. The molecule has 2 atom stereocenters. The first-order chi connectivity index (χ1) is 10.1. The summed E-state index contributed by atoms with van der Waals surface area (Å²) in [5.74, 6) is 0.340. The molecule has 5 heteroatoms. The number of thiazole rings is 1. The first-order valence-corrected chi connectivity index (χ1v) is 8.96. The molecule has 2 saturated heterocycles. The highest BCUT2D eigenvalue weighted by Gasteiger charge is 2.48. The predicted octanol–water partition coefficient (Wildman–Crippen LogP) is 2.90. The van der Waals surface area contributed by atoms with Crippen LogP contribution in [0, 0.1) is 0 Å². The summed E-state index contributed by atoms with van der Waals surface area (Å²) in [5, 5.41) is 3.24. The number of carbonyl (C=O) groups excluding carboxylic acids is 1. The number of piperidine rings is 1. The van der Waals surface area contributed by atoms with E-state index in [0.29, 0.717) is 18.4 Å². The van der Waals surface area contributed by atoms with E-state index in [9.17, 15) is 4.79 Å². The van der Waals surface area contributed by atoms with E-state index in [2.05, 4.69) is 34.0 Å². The van der Waals surface area contributed by atoms with Gasteiger partial charge in [-0.15, -0.1) is 11.3 Å². The number of nitrogens with zero attached hydrogens (tertiary/aromatic N) is 3. The van der Waals surface area contributed by atoms with Crippen molar-refractivity contribution in [3.63, 3.8) is 0 Å². The Balaban J connectivity index is 1.87. The molecule has 3 heterocycles. The van der Waals surface area contributed by atoms with Crippen molar-refractivity contribution in [2.24, 2.45) is 0 Å². The van der Waals surface area contributed by atoms with Crippen molar-refractivity contribution in [1.82, 2.24) is 14.8 Å². The fourth-order valence-electron chi connectivity index (χ4n) is 4.23. The summed E-state index contributed by atoms with van der Waals surface area (Å²) in [4.78, 5) is 21.5. The normalized spacial score (nSPS) is 31.0. The van der Waals surface area contributed by atoms with Crippen molar-refractivity contribution in [2.75, 3.05) is 13.1 Å². The summed E-state index contributed by atoms with van der Waals surface area (Å²) in [6.45, 7) is 7.31. The van der Waals surface area contributed by atoms with Gasteiger partial charge >= 0.3 is 0 Å². The minimum Gasteiger partial charge on any atom is -0.336 e. The Kier molecular flexibility index (Phi) is 4.31. The molecule has 2 aliphatic rings. The average molecular weight is 307 g/mol. The van der Waals surface area contributed by atoms with Crippen LogP contribution in [0.2, 0.25) is 0 Å². The average Bonchev–Trinajstić information content (AvgIpc) is 2.90. The van der Waals surface area contributed by atoms with Crippen molar-refractivity contribution < 1.29 is 4.79 Å². The van der Waals surface area contributed by atoms with Crippen LogP contribution >= 0.6 is 11.3 Å². The van der Waals surface area contributed by atoms with Crippen LogP contribution in [0.15, 0.2) is 11.6 Å². The first kappa shape index (κ1) is 15.0. The molecule has 4 nitrogen and oxygen atoms in total. The van der Waals surface area contributed by atoms with Crippen molar-refractivity contribution >= 4 is 17.2 Å². The molecule has 116 valence electrons. The first-order valence-electron chi connectivity index (χ1n) is 8.08. The third-order valence-corrected chi connectivity index (χ3v) is 5.99. The van der Waals surface area contributed by atoms with Gasteiger partial charge in [-0.3, -0.25) is 9.69 Å². The Morgan fingerprint density at radius 2 is 2.33 bits per heavy atom. The molecule has 0 N–H and O–H groups in total. The number of rotatable bonds is 3. The highest BCUT2D eigenvalue weighted by molar-refractivity contribution is 7.09. The maximum absolute atomic E-state index is 12.3. The molecule has 3 rings (SSSR count). The van der Waals surface area contributed by atoms with Crippen LogP contribution in [0.1, 0.15) is 51.0 Å². The maximum atomic E-state index is 12.3. The van der Waals surface area contributed by atoms with Crippen molar-refractivity contribution in [1.29, 1.82) is 0 Å². The lowest BCUT2D eigenvalue weighted by atomic mass is 9.79. The van der Waals surface area contributed by atoms with E-state index in [-0.39, 0.29) is 5.54 Å². The Bertz CT molecular complexity index is 490. The van der Waals surface area contributed by atoms with Gasteiger partial charge in [0.05, 0.1) is 12.1 Å². The lowest BCUT2D eigenvalue weighted by molar-refractivity contribution is -0.146. The Labute approximate surface area is 131 Å². The van der Waals surface area contributed by atoms with E-state index in [4.69, 9.17) is 0 Å². The molecule has 1 aromatic heterocycles. The van der Waals surface area contributed by atoms with Crippen LogP contribution in [0.25, 0.3) is 0 Å². The van der Waals surface area contributed by atoms with Crippen LogP contribution in [-0.4, -0.2) is 45.4 Å². The highest BCUT2D eigenvalue weighted by atomic mass is 32.1. The zero-order chi connectivity index (χ0) is 14.9. The number of amides is 1. The van der Waals surface area contributed by atoms with Gasteiger partial charge in [0.25, 0.3) is 0 Å². The second kappa shape index (κ2) is 6.05. The second-order valence-corrected chi connectivity index (χ2v) is 7.38. The van der Waals surface area contributed by atoms with Gasteiger partial charge in [-0.2, -0.15) is 0 Å². The number of fused-ring (bicyclic) bond motifs is 1. The van der Waals surface area contributed by atoms with E-state index in [1.165, 1.54) is 17.8 Å². The minimum absolute atomic E-state index is 0.00214. The molecule has 0 saturated carbocycles. The van der Waals surface area contributed by atoms with Gasteiger partial charge in [-0.1, -0.05) is 0 Å². The number of hydrogen-bond donors (Lipinski definition) is 0. The Hall–Kier alpha value is -0.940. The quantitative estimate of drug-likeness (QED) is 0.861. The number of likely N-dealkylation sites (tertiary alicyclic amines) is 2. The minimum atomic E-state index is -0.00214. The number of carbonyl (C=O) groups is 1. The molecule has 0 spiro atoms. The van der Waals surface area contributed by atoms with Gasteiger partial charge in [-0.05, 0) is 46.1 Å². The Morgan fingerprint density at radius 3 is 3.05 bits per heavy atom. The summed E-state index contributed by atoms with van der Waals surface area (Å²) in [7, 11) is 0. The number of likely N-dealkylation sites (N-methyl/N-ethyl adjacent to an activating group) is 1. The lowest BCUT2D eigenvalue weighted by Crippen LogP contribution is -2.64. The van der Waals surface area contributed by atoms with E-state index in [1.54, 1.807) is 11.3 Å². The standard InChI is InChI=1S/C16H25N3OS/c1-3-19-15(20)7-6-13-16(19,2)8-4-5-10-18(13)12-14-17-9-11-21-14/h9,11,13H,3-8,10,12H2,1-2H3/t13-,16-/m0/s1. The van der Waals surface area contributed by atoms with Crippen molar-refractivity contribution in [3.05, 3.63) is 16.6 Å². The van der Waals surface area contributed by atoms with Gasteiger partial charge in [0.2, 0.25) is 5.91 Å². The largest absolute Gasteiger partial charge is 0.336 e.